The largest absolute Gasteiger partial charge is 0.348 e. The van der Waals surface area contributed by atoms with Crippen molar-refractivity contribution < 1.29 is 4.79 Å². The van der Waals surface area contributed by atoms with Gasteiger partial charge in [0.05, 0.1) is 17.3 Å². The number of fused-ring (bicyclic) bond motifs is 3. The second-order valence-electron chi connectivity index (χ2n) is 9.30. The number of aromatic nitrogens is 5. The molecule has 6 heterocycles. The number of carbonyl (C=O) groups is 1. The summed E-state index contributed by atoms with van der Waals surface area (Å²) in [6, 6.07) is 15.7. The lowest BCUT2D eigenvalue weighted by Gasteiger charge is -2.56. The number of rotatable bonds is 5. The van der Waals surface area contributed by atoms with Crippen LogP contribution in [-0.4, -0.2) is 67.4 Å². The Morgan fingerprint density at radius 3 is 2.60 bits per heavy atom. The summed E-state index contributed by atoms with van der Waals surface area (Å²) in [5.41, 5.74) is 4.14. The molecule has 1 aromatic carbocycles. The number of benzene rings is 1. The van der Waals surface area contributed by atoms with Gasteiger partial charge in [0.25, 0.3) is 5.91 Å². The number of anilines is 1. The minimum atomic E-state index is -0.246. The fourth-order valence-electron chi connectivity index (χ4n) is 5.17. The second-order valence-corrected chi connectivity index (χ2v) is 9.30. The van der Waals surface area contributed by atoms with Gasteiger partial charge in [0.1, 0.15) is 17.2 Å². The third-order valence-electron chi connectivity index (χ3n) is 6.90. The summed E-state index contributed by atoms with van der Waals surface area (Å²) in [4.78, 5) is 22.6. The number of nitriles is 1. The first-order chi connectivity index (χ1) is 17.0. The Kier molecular flexibility index (Phi) is 5.00. The van der Waals surface area contributed by atoms with E-state index in [4.69, 9.17) is 10.4 Å². The Bertz CT molecular complexity index is 1450. The fourth-order valence-corrected chi connectivity index (χ4v) is 5.17. The van der Waals surface area contributed by atoms with Crippen molar-refractivity contribution in [2.45, 2.75) is 25.0 Å². The molecule has 2 atom stereocenters. The highest BCUT2D eigenvalue weighted by Crippen LogP contribution is 2.37. The summed E-state index contributed by atoms with van der Waals surface area (Å²) in [5, 5.41) is 21.1. The van der Waals surface area contributed by atoms with E-state index in [0.29, 0.717) is 35.5 Å². The van der Waals surface area contributed by atoms with Crippen molar-refractivity contribution in [3.8, 4) is 17.5 Å². The molecular formula is C25H25N9O. The maximum Gasteiger partial charge on any atom is 0.270 e. The van der Waals surface area contributed by atoms with Gasteiger partial charge in [-0.05, 0) is 37.2 Å². The van der Waals surface area contributed by atoms with E-state index < -0.39 is 0 Å². The number of nitrogens with zero attached hydrogens (tertiary/aromatic N) is 8. The van der Waals surface area contributed by atoms with Gasteiger partial charge in [0.15, 0.2) is 5.65 Å². The lowest BCUT2D eigenvalue weighted by Crippen LogP contribution is -2.68. The predicted molar refractivity (Wildman–Crippen MR) is 130 cm³/mol. The minimum Gasteiger partial charge on any atom is -0.348 e. The summed E-state index contributed by atoms with van der Waals surface area (Å²) >= 11 is 0. The van der Waals surface area contributed by atoms with Gasteiger partial charge < -0.3 is 15.1 Å². The molecule has 35 heavy (non-hydrogen) atoms. The molecule has 2 bridgehead atoms. The van der Waals surface area contributed by atoms with Crippen LogP contribution in [0.5, 0.6) is 0 Å². The normalized spacial score (nSPS) is 19.4. The lowest BCUT2D eigenvalue weighted by molar-refractivity contribution is 0.0945. The second kappa shape index (κ2) is 8.21. The summed E-state index contributed by atoms with van der Waals surface area (Å²) in [6.07, 6.45) is 2.88. The van der Waals surface area contributed by atoms with Gasteiger partial charge in [0, 0.05) is 57.1 Å². The van der Waals surface area contributed by atoms with Crippen LogP contribution in [0.4, 0.5) is 5.82 Å². The summed E-state index contributed by atoms with van der Waals surface area (Å²) in [6.45, 7) is 2.32. The fraction of sp³-hybridized carbons (Fsp3) is 0.320. The Morgan fingerprint density at radius 2 is 1.91 bits per heavy atom. The molecule has 10 nitrogen and oxygen atoms in total. The minimum absolute atomic E-state index is 0.246. The SMILES string of the molecule is CN1CC2CC(C1)N2c1cc(C(=O)NCc2ccc(C#N)cc2)nc2cc(-c3ccnn3C)nn12. The van der Waals surface area contributed by atoms with Gasteiger partial charge in [-0.15, -0.1) is 0 Å². The smallest absolute Gasteiger partial charge is 0.270 e. The molecule has 0 spiro atoms. The van der Waals surface area contributed by atoms with Crippen LogP contribution in [0.2, 0.25) is 0 Å². The highest BCUT2D eigenvalue weighted by Gasteiger charge is 2.45. The van der Waals surface area contributed by atoms with E-state index in [-0.39, 0.29) is 5.91 Å². The molecule has 1 amide bonds. The first-order valence-electron chi connectivity index (χ1n) is 11.6. The quantitative estimate of drug-likeness (QED) is 0.477. The molecule has 0 aliphatic carbocycles. The van der Waals surface area contributed by atoms with Gasteiger partial charge in [0.2, 0.25) is 0 Å². The van der Waals surface area contributed by atoms with Gasteiger partial charge >= 0.3 is 0 Å². The first-order valence-corrected chi connectivity index (χ1v) is 11.6. The van der Waals surface area contributed by atoms with Gasteiger partial charge in [-0.2, -0.15) is 20.0 Å². The lowest BCUT2D eigenvalue weighted by atomic mass is 9.87. The van der Waals surface area contributed by atoms with E-state index in [1.165, 1.54) is 0 Å². The van der Waals surface area contributed by atoms with Crippen LogP contribution in [0.25, 0.3) is 17.0 Å². The number of carbonyl (C=O) groups excluding carboxylic acids is 1. The summed E-state index contributed by atoms with van der Waals surface area (Å²) < 4.78 is 3.63. The zero-order valence-corrected chi connectivity index (χ0v) is 19.6. The van der Waals surface area contributed by atoms with E-state index >= 15 is 0 Å². The Balaban J connectivity index is 1.35. The molecule has 2 unspecified atom stereocenters. The van der Waals surface area contributed by atoms with Crippen molar-refractivity contribution in [2.75, 3.05) is 25.0 Å². The van der Waals surface area contributed by atoms with Crippen molar-refractivity contribution in [2.24, 2.45) is 7.05 Å². The summed E-state index contributed by atoms with van der Waals surface area (Å²) in [7, 11) is 4.03. The molecule has 3 aromatic heterocycles. The van der Waals surface area contributed by atoms with Crippen molar-refractivity contribution in [1.29, 1.82) is 5.26 Å². The van der Waals surface area contributed by atoms with E-state index in [9.17, 15) is 4.79 Å². The van der Waals surface area contributed by atoms with Crippen molar-refractivity contribution in [3.05, 3.63) is 65.5 Å². The van der Waals surface area contributed by atoms with E-state index in [1.54, 1.807) is 23.0 Å². The molecule has 0 saturated carbocycles. The van der Waals surface area contributed by atoms with Crippen molar-refractivity contribution >= 4 is 17.4 Å². The molecule has 4 aromatic rings. The van der Waals surface area contributed by atoms with Crippen molar-refractivity contribution in [3.63, 3.8) is 0 Å². The number of amides is 1. The van der Waals surface area contributed by atoms with Crippen LogP contribution in [0, 0.1) is 11.3 Å². The van der Waals surface area contributed by atoms with E-state index in [0.717, 1.165) is 42.3 Å². The Labute approximate surface area is 202 Å². The van der Waals surface area contributed by atoms with Crippen LogP contribution >= 0.6 is 0 Å². The monoisotopic (exact) mass is 467 g/mol. The van der Waals surface area contributed by atoms with Crippen LogP contribution < -0.4 is 10.2 Å². The zero-order valence-electron chi connectivity index (χ0n) is 19.6. The molecule has 3 aliphatic rings. The standard InChI is InChI=1S/C25H25N9O/c1-31-14-18-9-19(15-31)33(18)24-11-21(25(35)27-13-17-5-3-16(12-26)4-6-17)29-23-10-20(30-34(23)24)22-7-8-28-32(22)2/h3-8,10-11,18-19H,9,13-15H2,1-2H3,(H,27,35). The third-order valence-corrected chi connectivity index (χ3v) is 6.90. The molecule has 176 valence electrons. The van der Waals surface area contributed by atoms with E-state index in [1.807, 2.05) is 41.9 Å². The molecule has 7 rings (SSSR count). The maximum absolute atomic E-state index is 13.2. The average Bonchev–Trinajstić information content (AvgIpc) is 3.48. The highest BCUT2D eigenvalue weighted by molar-refractivity contribution is 5.93. The van der Waals surface area contributed by atoms with Crippen LogP contribution in [0.1, 0.15) is 28.0 Å². The first kappa shape index (κ1) is 21.3. The number of hydrogen-bond acceptors (Lipinski definition) is 7. The van der Waals surface area contributed by atoms with Crippen LogP contribution in [0.3, 0.4) is 0 Å². The number of likely N-dealkylation sites (N-methyl/N-ethyl adjacent to an activating group) is 1. The zero-order chi connectivity index (χ0) is 24.1. The molecule has 3 fully saturated rings. The highest BCUT2D eigenvalue weighted by atomic mass is 16.1. The van der Waals surface area contributed by atoms with Crippen molar-refractivity contribution in [1.82, 2.24) is 34.6 Å². The van der Waals surface area contributed by atoms with Gasteiger partial charge in [-0.1, -0.05) is 12.1 Å². The molecule has 10 heteroatoms. The van der Waals surface area contributed by atoms with Crippen LogP contribution in [-0.2, 0) is 13.6 Å². The molecule has 3 aliphatic heterocycles. The molecule has 0 radical (unpaired) electrons. The molecule has 3 saturated heterocycles. The Morgan fingerprint density at radius 1 is 1.14 bits per heavy atom. The number of piperidine rings is 1. The predicted octanol–water partition coefficient (Wildman–Crippen LogP) is 1.82. The van der Waals surface area contributed by atoms with Gasteiger partial charge in [-0.3, -0.25) is 9.48 Å². The molecule has 1 N–H and O–H groups in total. The maximum atomic E-state index is 13.2. The Hall–Kier alpha value is -4.23. The topological polar surface area (TPSA) is 107 Å². The number of nitrogens with one attached hydrogen (secondary N) is 1. The number of aryl methyl sites for hydroxylation is 1. The van der Waals surface area contributed by atoms with Gasteiger partial charge in [-0.25, -0.2) is 4.98 Å². The van der Waals surface area contributed by atoms with Crippen LogP contribution in [0.15, 0.2) is 48.7 Å². The average molecular weight is 468 g/mol. The third kappa shape index (κ3) is 3.70. The number of hydrogen-bond donors (Lipinski definition) is 1. The molecular weight excluding hydrogens is 442 g/mol. The van der Waals surface area contributed by atoms with E-state index in [2.05, 4.69) is 38.3 Å². The summed E-state index contributed by atoms with van der Waals surface area (Å²) in [5.74, 6) is 0.644. The number of piperazine rings is 1.